The second kappa shape index (κ2) is 7.31. The molecule has 0 radical (unpaired) electrons. The first kappa shape index (κ1) is 19.4. The molecule has 142 valence electrons. The number of hydrogen-bond donors (Lipinski definition) is 0. The van der Waals surface area contributed by atoms with Gasteiger partial charge in [0, 0.05) is 11.0 Å². The summed E-state index contributed by atoms with van der Waals surface area (Å²) in [5.74, 6) is 0.369. The third kappa shape index (κ3) is 3.56. The fourth-order valence-electron chi connectivity index (χ4n) is 3.10. The van der Waals surface area contributed by atoms with Gasteiger partial charge in [-0.05, 0) is 46.3 Å². The molecular formula is C20H20BrFN2O3. The van der Waals surface area contributed by atoms with Crippen molar-refractivity contribution in [1.82, 2.24) is 5.01 Å². The second-order valence-corrected chi connectivity index (χ2v) is 7.66. The lowest BCUT2D eigenvalue weighted by molar-refractivity contribution is 0.0752. The van der Waals surface area contributed by atoms with Gasteiger partial charge in [-0.3, -0.25) is 4.79 Å². The molecule has 1 amide bonds. The summed E-state index contributed by atoms with van der Waals surface area (Å²) in [4.78, 5) is 12.9. The molecule has 1 aliphatic heterocycles. The lowest BCUT2D eigenvalue weighted by Crippen LogP contribution is -2.31. The van der Waals surface area contributed by atoms with Crippen LogP contribution in [-0.4, -0.2) is 37.4 Å². The molecule has 0 fully saturated rings. The summed E-state index contributed by atoms with van der Waals surface area (Å²) in [7, 11) is 3.15. The van der Waals surface area contributed by atoms with Gasteiger partial charge in [0.05, 0.1) is 36.5 Å². The fourth-order valence-corrected chi connectivity index (χ4v) is 3.53. The molecule has 3 rings (SSSR count). The molecule has 7 heteroatoms. The summed E-state index contributed by atoms with van der Waals surface area (Å²) in [6, 6.07) is 9.91. The Labute approximate surface area is 165 Å². The molecule has 0 unspecified atom stereocenters. The predicted molar refractivity (Wildman–Crippen MR) is 105 cm³/mol. The van der Waals surface area contributed by atoms with Gasteiger partial charge in [-0.1, -0.05) is 19.9 Å². The minimum Gasteiger partial charge on any atom is -0.493 e. The van der Waals surface area contributed by atoms with Crippen LogP contribution in [0.2, 0.25) is 0 Å². The standard InChI is InChI=1S/C20H20BrFN2O3/c1-20(2)11-24(19(25)13-6-5-7-14(22)17(13)21)23-18(20)12-8-9-15(26-3)16(10-12)27-4/h5-10H,11H2,1-4H3. The summed E-state index contributed by atoms with van der Waals surface area (Å²) in [5.41, 5.74) is 1.45. The van der Waals surface area contributed by atoms with Gasteiger partial charge in [0.1, 0.15) is 5.82 Å². The lowest BCUT2D eigenvalue weighted by atomic mass is 9.84. The van der Waals surface area contributed by atoms with E-state index >= 15 is 0 Å². The van der Waals surface area contributed by atoms with Gasteiger partial charge >= 0.3 is 0 Å². The Morgan fingerprint density at radius 1 is 1.19 bits per heavy atom. The van der Waals surface area contributed by atoms with E-state index in [1.165, 1.54) is 17.1 Å². The monoisotopic (exact) mass is 434 g/mol. The van der Waals surface area contributed by atoms with E-state index in [1.54, 1.807) is 26.4 Å². The highest BCUT2D eigenvalue weighted by Gasteiger charge is 2.38. The molecule has 0 N–H and O–H groups in total. The van der Waals surface area contributed by atoms with Gasteiger partial charge in [0.2, 0.25) is 0 Å². The van der Waals surface area contributed by atoms with Gasteiger partial charge in [0.15, 0.2) is 11.5 Å². The van der Waals surface area contributed by atoms with E-state index in [1.807, 2.05) is 26.0 Å². The van der Waals surface area contributed by atoms with Crippen LogP contribution in [0.3, 0.4) is 0 Å². The van der Waals surface area contributed by atoms with E-state index in [2.05, 4.69) is 21.0 Å². The third-order valence-corrected chi connectivity index (χ3v) is 5.29. The van der Waals surface area contributed by atoms with Gasteiger partial charge in [-0.2, -0.15) is 5.10 Å². The maximum absolute atomic E-state index is 13.8. The summed E-state index contributed by atoms with van der Waals surface area (Å²) in [5, 5.41) is 5.93. The summed E-state index contributed by atoms with van der Waals surface area (Å²) >= 11 is 3.15. The molecule has 0 aromatic heterocycles. The van der Waals surface area contributed by atoms with Crippen LogP contribution in [0.1, 0.15) is 29.8 Å². The molecular weight excluding hydrogens is 415 g/mol. The molecule has 1 aliphatic rings. The molecule has 0 aliphatic carbocycles. The van der Waals surface area contributed by atoms with Crippen LogP contribution in [0.25, 0.3) is 0 Å². The van der Waals surface area contributed by atoms with Crippen molar-refractivity contribution < 1.29 is 18.7 Å². The Kier molecular flexibility index (Phi) is 5.24. The summed E-state index contributed by atoms with van der Waals surface area (Å²) in [6.07, 6.45) is 0. The van der Waals surface area contributed by atoms with Crippen molar-refractivity contribution in [3.63, 3.8) is 0 Å². The number of ether oxygens (including phenoxy) is 2. The van der Waals surface area contributed by atoms with Crippen LogP contribution in [0.15, 0.2) is 46.0 Å². The van der Waals surface area contributed by atoms with Crippen LogP contribution >= 0.6 is 15.9 Å². The van der Waals surface area contributed by atoms with Crippen LogP contribution in [-0.2, 0) is 0 Å². The largest absolute Gasteiger partial charge is 0.493 e. The van der Waals surface area contributed by atoms with Crippen LogP contribution in [0.5, 0.6) is 11.5 Å². The van der Waals surface area contributed by atoms with E-state index in [0.717, 1.165) is 11.3 Å². The Bertz CT molecular complexity index is 927. The number of nitrogens with zero attached hydrogens (tertiary/aromatic N) is 2. The van der Waals surface area contributed by atoms with Gasteiger partial charge < -0.3 is 9.47 Å². The quantitative estimate of drug-likeness (QED) is 0.711. The normalized spacial score (nSPS) is 15.5. The SMILES string of the molecule is COc1ccc(C2=NN(C(=O)c3cccc(F)c3Br)CC2(C)C)cc1OC. The van der Waals surface area contributed by atoms with E-state index < -0.39 is 5.82 Å². The van der Waals surface area contributed by atoms with Gasteiger partial charge in [-0.15, -0.1) is 0 Å². The minimum absolute atomic E-state index is 0.141. The van der Waals surface area contributed by atoms with E-state index in [0.29, 0.717) is 18.0 Å². The first-order valence-corrected chi connectivity index (χ1v) is 9.15. The van der Waals surface area contributed by atoms with Crippen molar-refractivity contribution in [2.45, 2.75) is 13.8 Å². The maximum atomic E-state index is 13.8. The number of hydrogen-bond acceptors (Lipinski definition) is 4. The second-order valence-electron chi connectivity index (χ2n) is 6.87. The molecule has 2 aromatic carbocycles. The molecule has 0 bridgehead atoms. The molecule has 1 heterocycles. The first-order chi connectivity index (χ1) is 12.8. The van der Waals surface area contributed by atoms with Crippen molar-refractivity contribution in [1.29, 1.82) is 0 Å². The lowest BCUT2D eigenvalue weighted by Gasteiger charge is -2.21. The van der Waals surface area contributed by atoms with Crippen molar-refractivity contribution in [2.24, 2.45) is 10.5 Å². The first-order valence-electron chi connectivity index (χ1n) is 8.36. The Morgan fingerprint density at radius 2 is 1.89 bits per heavy atom. The van der Waals surface area contributed by atoms with Crippen LogP contribution in [0.4, 0.5) is 4.39 Å². The average molecular weight is 435 g/mol. The Balaban J connectivity index is 1.99. The number of rotatable bonds is 4. The number of hydrazone groups is 1. The zero-order chi connectivity index (χ0) is 19.8. The maximum Gasteiger partial charge on any atom is 0.275 e. The third-order valence-electron chi connectivity index (χ3n) is 4.48. The van der Waals surface area contributed by atoms with Crippen molar-refractivity contribution >= 4 is 27.5 Å². The number of halogens is 2. The zero-order valence-corrected chi connectivity index (χ0v) is 17.1. The zero-order valence-electron chi connectivity index (χ0n) is 15.5. The van der Waals surface area contributed by atoms with Crippen molar-refractivity contribution in [3.05, 3.63) is 57.8 Å². The number of amides is 1. The molecule has 0 saturated carbocycles. The van der Waals surface area contributed by atoms with Crippen molar-refractivity contribution in [2.75, 3.05) is 20.8 Å². The number of carbonyl (C=O) groups excluding carboxylic acids is 1. The Hall–Kier alpha value is -2.41. The number of methoxy groups -OCH3 is 2. The highest BCUT2D eigenvalue weighted by atomic mass is 79.9. The molecule has 0 spiro atoms. The topological polar surface area (TPSA) is 51.1 Å². The smallest absolute Gasteiger partial charge is 0.275 e. The van der Waals surface area contributed by atoms with E-state index in [9.17, 15) is 9.18 Å². The minimum atomic E-state index is -0.483. The molecule has 2 aromatic rings. The summed E-state index contributed by atoms with van der Waals surface area (Å²) in [6.45, 7) is 4.41. The molecule has 27 heavy (non-hydrogen) atoms. The predicted octanol–water partition coefficient (Wildman–Crippen LogP) is 4.49. The summed E-state index contributed by atoms with van der Waals surface area (Å²) < 4.78 is 24.6. The Morgan fingerprint density at radius 3 is 2.56 bits per heavy atom. The highest BCUT2D eigenvalue weighted by molar-refractivity contribution is 9.10. The van der Waals surface area contributed by atoms with Crippen LogP contribution < -0.4 is 9.47 Å². The van der Waals surface area contributed by atoms with E-state index in [-0.39, 0.29) is 21.4 Å². The number of carbonyl (C=O) groups is 1. The van der Waals surface area contributed by atoms with Gasteiger partial charge in [-0.25, -0.2) is 9.40 Å². The molecule has 5 nitrogen and oxygen atoms in total. The molecule has 0 atom stereocenters. The van der Waals surface area contributed by atoms with E-state index in [4.69, 9.17) is 9.47 Å². The highest BCUT2D eigenvalue weighted by Crippen LogP contribution is 2.35. The van der Waals surface area contributed by atoms with Crippen molar-refractivity contribution in [3.8, 4) is 11.5 Å². The average Bonchev–Trinajstić information content (AvgIpc) is 2.98. The molecule has 0 saturated heterocycles. The number of benzene rings is 2. The van der Waals surface area contributed by atoms with Crippen LogP contribution in [0, 0.1) is 11.2 Å². The van der Waals surface area contributed by atoms with Gasteiger partial charge in [0.25, 0.3) is 5.91 Å². The fraction of sp³-hybridized carbons (Fsp3) is 0.300.